The van der Waals surface area contributed by atoms with Crippen molar-refractivity contribution < 1.29 is 2.85 Å². The van der Waals surface area contributed by atoms with Crippen LogP contribution in [0.5, 0.6) is 0 Å². The highest BCUT2D eigenvalue weighted by atomic mass is 14.9. The smallest absolute Gasteiger partial charge is 0.00103 e. The summed E-state index contributed by atoms with van der Waals surface area (Å²) >= 11 is 0. The van der Waals surface area contributed by atoms with E-state index in [2.05, 4.69) is 31.4 Å². The fourth-order valence-electron chi connectivity index (χ4n) is 1.12. The summed E-state index contributed by atoms with van der Waals surface area (Å²) in [5, 5.41) is 6.74. The lowest BCUT2D eigenvalue weighted by molar-refractivity contribution is 0.539. The van der Waals surface area contributed by atoms with Crippen LogP contribution in [0.1, 0.15) is 42.9 Å². The summed E-state index contributed by atoms with van der Waals surface area (Å²) in [5.74, 6) is 0. The number of rotatable bonds is 8. The predicted octanol–water partition coefficient (Wildman–Crippen LogP) is 2.26. The number of hydrogen-bond acceptors (Lipinski definition) is 2. The van der Waals surface area contributed by atoms with Crippen molar-refractivity contribution in [3.63, 3.8) is 0 Å². The molecule has 0 rings (SSSR count). The summed E-state index contributed by atoms with van der Waals surface area (Å²) in [6, 6.07) is 0.638. The average Bonchev–Trinajstić information content (AvgIpc) is 2.02. The van der Waals surface area contributed by atoms with E-state index < -0.39 is 0 Å². The van der Waals surface area contributed by atoms with Crippen molar-refractivity contribution in [2.75, 3.05) is 19.6 Å². The van der Waals surface area contributed by atoms with Gasteiger partial charge in [0.2, 0.25) is 0 Å². The Bertz CT molecular complexity index is 90.2. The van der Waals surface area contributed by atoms with Crippen LogP contribution in [-0.2, 0) is 0 Å². The first-order chi connectivity index (χ1) is 5.77. The van der Waals surface area contributed by atoms with Crippen LogP contribution in [0.25, 0.3) is 0 Å². The fourth-order valence-corrected chi connectivity index (χ4v) is 1.12. The minimum atomic E-state index is 0. The summed E-state index contributed by atoms with van der Waals surface area (Å²) in [5.41, 5.74) is 0. The lowest BCUT2D eigenvalue weighted by Crippen LogP contribution is -2.23. The summed E-state index contributed by atoms with van der Waals surface area (Å²) in [7, 11) is 0. The van der Waals surface area contributed by atoms with Gasteiger partial charge in [-0.1, -0.05) is 27.2 Å². The quantitative estimate of drug-likeness (QED) is 0.554. The molecule has 0 aliphatic heterocycles. The van der Waals surface area contributed by atoms with Crippen LogP contribution in [0, 0.1) is 0 Å². The zero-order valence-electron chi connectivity index (χ0n) is 8.82. The molecule has 0 aromatic rings. The molecule has 0 heterocycles. The van der Waals surface area contributed by atoms with Gasteiger partial charge in [0.15, 0.2) is 0 Å². The maximum Gasteiger partial charge on any atom is 0.00103 e. The van der Waals surface area contributed by atoms with E-state index in [1.54, 1.807) is 0 Å². The van der Waals surface area contributed by atoms with Crippen LogP contribution in [0.4, 0.5) is 0 Å². The first-order valence-electron chi connectivity index (χ1n) is 5.21. The summed E-state index contributed by atoms with van der Waals surface area (Å²) in [6.45, 7) is 9.99. The van der Waals surface area contributed by atoms with Gasteiger partial charge in [0.25, 0.3) is 0 Å². The Morgan fingerprint density at radius 3 is 2.33 bits per heavy atom. The van der Waals surface area contributed by atoms with Crippen molar-refractivity contribution in [1.82, 2.24) is 10.6 Å². The molecule has 0 spiro atoms. The van der Waals surface area contributed by atoms with Gasteiger partial charge in [-0.2, -0.15) is 0 Å². The summed E-state index contributed by atoms with van der Waals surface area (Å²) in [4.78, 5) is 0. The predicted molar refractivity (Wildman–Crippen MR) is 59.8 cm³/mol. The van der Waals surface area contributed by atoms with E-state index in [0.29, 0.717) is 6.04 Å². The Kier molecular flexibility index (Phi) is 8.95. The van der Waals surface area contributed by atoms with Crippen LogP contribution in [0.2, 0.25) is 0 Å². The van der Waals surface area contributed by atoms with E-state index in [-0.39, 0.29) is 2.85 Å². The largest absolute Gasteiger partial charge is 0.317 e. The Hall–Kier alpha value is -0.0800. The highest BCUT2D eigenvalue weighted by molar-refractivity contribution is 4.53. The Morgan fingerprint density at radius 2 is 1.75 bits per heavy atom. The molecular weight excluding hydrogens is 148 g/mol. The maximum absolute atomic E-state index is 3.42. The first-order valence-corrected chi connectivity index (χ1v) is 5.21. The Balaban J connectivity index is -0.000000605. The number of hydrogen-bond donors (Lipinski definition) is 2. The molecule has 2 heteroatoms. The van der Waals surface area contributed by atoms with Crippen LogP contribution in [0.15, 0.2) is 0 Å². The topological polar surface area (TPSA) is 24.1 Å². The van der Waals surface area contributed by atoms with Gasteiger partial charge < -0.3 is 10.6 Å². The van der Waals surface area contributed by atoms with Crippen molar-refractivity contribution in [3.05, 3.63) is 0 Å². The van der Waals surface area contributed by atoms with E-state index in [4.69, 9.17) is 0 Å². The second-order valence-corrected chi connectivity index (χ2v) is 3.52. The minimum absolute atomic E-state index is 0. The van der Waals surface area contributed by atoms with Gasteiger partial charge in [0.05, 0.1) is 0 Å². The molecule has 12 heavy (non-hydrogen) atoms. The van der Waals surface area contributed by atoms with Crippen molar-refractivity contribution in [2.45, 2.75) is 46.1 Å². The van der Waals surface area contributed by atoms with Crippen molar-refractivity contribution in [2.24, 2.45) is 0 Å². The Morgan fingerprint density at radius 1 is 1.08 bits per heavy atom. The molecule has 0 saturated carbocycles. The molecule has 0 bridgehead atoms. The molecule has 2 N–H and O–H groups in total. The van der Waals surface area contributed by atoms with E-state index in [1.165, 1.54) is 32.4 Å². The average molecular weight is 176 g/mol. The molecule has 0 atom stereocenters. The standard InChI is InChI=1S/C10H24N2.2H2/c1-4-11-8-6-5-7-9-12-10(2)3;;/h10-12H,4-9H2,1-3H3;2*1H. The maximum atomic E-state index is 3.42. The van der Waals surface area contributed by atoms with Gasteiger partial charge in [0.1, 0.15) is 0 Å². The van der Waals surface area contributed by atoms with E-state index in [0.717, 1.165) is 6.54 Å². The second-order valence-electron chi connectivity index (χ2n) is 3.52. The van der Waals surface area contributed by atoms with Crippen molar-refractivity contribution in [1.29, 1.82) is 0 Å². The monoisotopic (exact) mass is 176 g/mol. The second kappa shape index (κ2) is 9.01. The summed E-state index contributed by atoms with van der Waals surface area (Å²) in [6.07, 6.45) is 3.96. The third kappa shape index (κ3) is 9.92. The van der Waals surface area contributed by atoms with E-state index >= 15 is 0 Å². The van der Waals surface area contributed by atoms with E-state index in [9.17, 15) is 0 Å². The first kappa shape index (κ1) is 11.9. The SMILES string of the molecule is CCNCCCCCNC(C)C.[HH].[HH]. The number of unbranched alkanes of at least 4 members (excludes halogenated alkanes) is 2. The van der Waals surface area contributed by atoms with Crippen molar-refractivity contribution in [3.8, 4) is 0 Å². The lowest BCUT2D eigenvalue weighted by atomic mass is 10.2. The van der Waals surface area contributed by atoms with Gasteiger partial charge in [-0.05, 0) is 32.5 Å². The van der Waals surface area contributed by atoms with Gasteiger partial charge >= 0.3 is 0 Å². The number of nitrogens with one attached hydrogen (secondary N) is 2. The minimum Gasteiger partial charge on any atom is -0.317 e. The molecule has 0 unspecified atom stereocenters. The molecule has 0 radical (unpaired) electrons. The van der Waals surface area contributed by atoms with Crippen LogP contribution in [0.3, 0.4) is 0 Å². The highest BCUT2D eigenvalue weighted by Crippen LogP contribution is 1.92. The van der Waals surface area contributed by atoms with Gasteiger partial charge in [-0.3, -0.25) is 0 Å². The molecule has 78 valence electrons. The molecule has 0 aromatic heterocycles. The highest BCUT2D eigenvalue weighted by Gasteiger charge is 1.91. The summed E-state index contributed by atoms with van der Waals surface area (Å²) < 4.78 is 0. The van der Waals surface area contributed by atoms with Crippen LogP contribution >= 0.6 is 0 Å². The van der Waals surface area contributed by atoms with Crippen LogP contribution in [-0.4, -0.2) is 25.7 Å². The van der Waals surface area contributed by atoms with Gasteiger partial charge in [-0.15, -0.1) is 0 Å². The normalized spacial score (nSPS) is 11.0. The van der Waals surface area contributed by atoms with Gasteiger partial charge in [0, 0.05) is 8.90 Å². The zero-order valence-corrected chi connectivity index (χ0v) is 8.82. The molecule has 0 aromatic carbocycles. The molecule has 0 aliphatic rings. The van der Waals surface area contributed by atoms with E-state index in [1.807, 2.05) is 0 Å². The molecule has 2 nitrogen and oxygen atoms in total. The third-order valence-electron chi connectivity index (χ3n) is 1.83. The third-order valence-corrected chi connectivity index (χ3v) is 1.83. The fraction of sp³-hybridized carbons (Fsp3) is 1.00. The molecule has 0 fully saturated rings. The van der Waals surface area contributed by atoms with Gasteiger partial charge in [-0.25, -0.2) is 0 Å². The Labute approximate surface area is 80.1 Å². The molecule has 0 saturated heterocycles. The van der Waals surface area contributed by atoms with Crippen molar-refractivity contribution >= 4 is 0 Å². The lowest BCUT2D eigenvalue weighted by Gasteiger charge is -2.07. The molecular formula is C10H28N2. The molecule has 0 aliphatic carbocycles. The van der Waals surface area contributed by atoms with Crippen LogP contribution < -0.4 is 10.6 Å². The zero-order chi connectivity index (χ0) is 9.23. The molecule has 0 amide bonds.